The Labute approximate surface area is 190 Å². The van der Waals surface area contributed by atoms with Crippen LogP contribution in [0.25, 0.3) is 11.1 Å². The largest absolute Gasteiger partial charge is 0.449 e. The Kier molecular flexibility index (Phi) is 6.49. The predicted octanol–water partition coefficient (Wildman–Crippen LogP) is 4.93. The third kappa shape index (κ3) is 4.41. The second-order valence-electron chi connectivity index (χ2n) is 7.36. The van der Waals surface area contributed by atoms with Gasteiger partial charge >= 0.3 is 6.09 Å². The molecule has 0 heterocycles. The van der Waals surface area contributed by atoms with E-state index in [9.17, 15) is 15.0 Å². The average molecular weight is 458 g/mol. The van der Waals surface area contributed by atoms with Crippen LogP contribution in [-0.4, -0.2) is 35.6 Å². The number of carbonyl (C=O) groups is 1. The molecular weight excluding hydrogens is 437 g/mol. The minimum Gasteiger partial charge on any atom is -0.449 e. The number of hydrogen-bond acceptors (Lipinski definition) is 4. The molecule has 2 atom stereocenters. The molecule has 0 spiro atoms. The van der Waals surface area contributed by atoms with Crippen molar-refractivity contribution in [3.05, 3.63) is 93.5 Å². The van der Waals surface area contributed by atoms with Crippen molar-refractivity contribution in [2.75, 3.05) is 13.2 Å². The zero-order valence-corrected chi connectivity index (χ0v) is 18.0. The van der Waals surface area contributed by atoms with E-state index in [1.165, 1.54) is 0 Å². The van der Waals surface area contributed by atoms with Crippen LogP contribution in [0.1, 0.15) is 28.7 Å². The number of amides is 1. The van der Waals surface area contributed by atoms with E-state index in [2.05, 4.69) is 17.4 Å². The normalized spacial score (nSPS) is 14.5. The molecule has 1 aliphatic rings. The molecule has 0 fully saturated rings. The number of fused-ring (bicyclic) bond motifs is 3. The van der Waals surface area contributed by atoms with Crippen LogP contribution in [0, 0.1) is 0 Å². The molecule has 1 aliphatic carbocycles. The Balaban J connectivity index is 1.35. The molecule has 3 aromatic carbocycles. The predicted molar refractivity (Wildman–Crippen MR) is 121 cm³/mol. The van der Waals surface area contributed by atoms with Crippen LogP contribution in [0.5, 0.6) is 0 Å². The van der Waals surface area contributed by atoms with Gasteiger partial charge in [-0.3, -0.25) is 0 Å². The van der Waals surface area contributed by atoms with Crippen LogP contribution in [0.2, 0.25) is 10.0 Å². The van der Waals surface area contributed by atoms with Crippen molar-refractivity contribution in [1.82, 2.24) is 5.32 Å². The highest BCUT2D eigenvalue weighted by Crippen LogP contribution is 2.44. The van der Waals surface area contributed by atoms with E-state index < -0.39 is 18.3 Å². The molecular formula is C24H21Cl2NO4. The van der Waals surface area contributed by atoms with Gasteiger partial charge in [0.1, 0.15) is 18.8 Å². The minimum atomic E-state index is -1.31. The summed E-state index contributed by atoms with van der Waals surface area (Å²) < 4.78 is 5.43. The number of ether oxygens (including phenoxy) is 1. The van der Waals surface area contributed by atoms with Crippen molar-refractivity contribution >= 4 is 29.3 Å². The Morgan fingerprint density at radius 3 is 2.19 bits per heavy atom. The number of aliphatic hydroxyl groups is 2. The van der Waals surface area contributed by atoms with E-state index in [4.69, 9.17) is 27.9 Å². The fraction of sp³-hybridized carbons (Fsp3) is 0.208. The Morgan fingerprint density at radius 2 is 1.55 bits per heavy atom. The molecule has 0 aromatic heterocycles. The molecule has 0 saturated carbocycles. The summed E-state index contributed by atoms with van der Waals surface area (Å²) >= 11 is 12.0. The maximum Gasteiger partial charge on any atom is 0.407 e. The number of halogens is 2. The van der Waals surface area contributed by atoms with Gasteiger partial charge in [-0.05, 0) is 28.3 Å². The van der Waals surface area contributed by atoms with Crippen LogP contribution in [0.3, 0.4) is 0 Å². The highest BCUT2D eigenvalue weighted by molar-refractivity contribution is 6.42. The number of hydrogen-bond donors (Lipinski definition) is 3. The van der Waals surface area contributed by atoms with Crippen molar-refractivity contribution in [2.24, 2.45) is 0 Å². The summed E-state index contributed by atoms with van der Waals surface area (Å²) in [5.74, 6) is -0.0565. The summed E-state index contributed by atoms with van der Waals surface area (Å²) in [6, 6.07) is 20.9. The summed E-state index contributed by atoms with van der Waals surface area (Å²) in [5.41, 5.74) is 4.80. The van der Waals surface area contributed by atoms with Gasteiger partial charge in [-0.1, -0.05) is 83.9 Å². The maximum absolute atomic E-state index is 12.2. The number of alkyl carbamates (subject to hydrolysis) is 1. The van der Waals surface area contributed by atoms with E-state index in [1.807, 2.05) is 36.4 Å². The van der Waals surface area contributed by atoms with E-state index >= 15 is 0 Å². The topological polar surface area (TPSA) is 78.8 Å². The lowest BCUT2D eigenvalue weighted by molar-refractivity contribution is 0.0186. The van der Waals surface area contributed by atoms with Crippen molar-refractivity contribution in [3.8, 4) is 11.1 Å². The highest BCUT2D eigenvalue weighted by Gasteiger charge is 2.29. The quantitative estimate of drug-likeness (QED) is 0.490. The molecule has 5 nitrogen and oxygen atoms in total. The van der Waals surface area contributed by atoms with Crippen LogP contribution in [-0.2, 0) is 4.74 Å². The maximum atomic E-state index is 12.2. The Hall–Kier alpha value is -2.57. The van der Waals surface area contributed by atoms with E-state index in [1.54, 1.807) is 18.2 Å². The first-order valence-corrected chi connectivity index (χ1v) is 10.6. The van der Waals surface area contributed by atoms with E-state index in [-0.39, 0.29) is 34.7 Å². The molecule has 160 valence electrons. The van der Waals surface area contributed by atoms with Gasteiger partial charge in [0.25, 0.3) is 0 Å². The van der Waals surface area contributed by atoms with E-state index in [0.29, 0.717) is 0 Å². The van der Waals surface area contributed by atoms with Gasteiger partial charge in [0.15, 0.2) is 0 Å². The van der Waals surface area contributed by atoms with Gasteiger partial charge in [0, 0.05) is 18.0 Å². The fourth-order valence-corrected chi connectivity index (χ4v) is 4.32. The standard InChI is InChI=1S/C24H21Cl2NO4/c25-20-11-5-10-18(22(20)26)23(29)21(28)12-27-24(30)31-13-19-16-8-3-1-6-14(16)15-7-2-4-9-17(15)19/h1-11,19,21,23,28-29H,12-13H2,(H,27,30). The number of carbonyl (C=O) groups excluding carboxylic acids is 1. The van der Waals surface area contributed by atoms with Gasteiger partial charge < -0.3 is 20.3 Å². The van der Waals surface area contributed by atoms with Gasteiger partial charge in [0.2, 0.25) is 0 Å². The van der Waals surface area contributed by atoms with Crippen LogP contribution in [0.4, 0.5) is 4.79 Å². The minimum absolute atomic E-state index is 0.0565. The van der Waals surface area contributed by atoms with Crippen molar-refractivity contribution in [1.29, 1.82) is 0 Å². The molecule has 0 bridgehead atoms. The van der Waals surface area contributed by atoms with E-state index in [0.717, 1.165) is 22.3 Å². The zero-order valence-electron chi connectivity index (χ0n) is 16.5. The molecule has 2 unspecified atom stereocenters. The van der Waals surface area contributed by atoms with Gasteiger partial charge in [-0.25, -0.2) is 4.79 Å². The summed E-state index contributed by atoms with van der Waals surface area (Å²) in [6.45, 7) is -0.0423. The molecule has 4 rings (SSSR count). The van der Waals surface area contributed by atoms with Crippen LogP contribution < -0.4 is 5.32 Å². The molecule has 0 saturated heterocycles. The number of nitrogens with one attached hydrogen (secondary N) is 1. The Bertz CT molecular complexity index is 1060. The second kappa shape index (κ2) is 9.28. The first kappa shape index (κ1) is 21.7. The van der Waals surface area contributed by atoms with Gasteiger partial charge in [0.05, 0.1) is 10.0 Å². The fourth-order valence-electron chi connectivity index (χ4n) is 3.91. The summed E-state index contributed by atoms with van der Waals surface area (Å²) in [6.07, 6.45) is -3.26. The molecule has 7 heteroatoms. The molecule has 0 radical (unpaired) electrons. The monoisotopic (exact) mass is 457 g/mol. The first-order chi connectivity index (χ1) is 15.0. The lowest BCUT2D eigenvalue weighted by atomic mass is 9.98. The smallest absolute Gasteiger partial charge is 0.407 e. The van der Waals surface area contributed by atoms with Crippen LogP contribution >= 0.6 is 23.2 Å². The first-order valence-electron chi connectivity index (χ1n) is 9.86. The van der Waals surface area contributed by atoms with Crippen molar-refractivity contribution in [2.45, 2.75) is 18.1 Å². The lowest BCUT2D eigenvalue weighted by Gasteiger charge is -2.20. The van der Waals surface area contributed by atoms with Crippen molar-refractivity contribution in [3.63, 3.8) is 0 Å². The van der Waals surface area contributed by atoms with Gasteiger partial charge in [-0.2, -0.15) is 0 Å². The molecule has 0 aliphatic heterocycles. The van der Waals surface area contributed by atoms with Crippen molar-refractivity contribution < 1.29 is 19.7 Å². The Morgan fingerprint density at radius 1 is 0.935 bits per heavy atom. The number of aliphatic hydroxyl groups excluding tert-OH is 2. The summed E-state index contributed by atoms with van der Waals surface area (Å²) in [5, 5.41) is 23.5. The van der Waals surface area contributed by atoms with Crippen LogP contribution in [0.15, 0.2) is 66.7 Å². The van der Waals surface area contributed by atoms with Gasteiger partial charge in [-0.15, -0.1) is 0 Å². The number of rotatable bonds is 6. The zero-order chi connectivity index (χ0) is 22.0. The lowest BCUT2D eigenvalue weighted by Crippen LogP contribution is -2.36. The molecule has 3 N–H and O–H groups in total. The molecule has 1 amide bonds. The molecule has 3 aromatic rings. The highest BCUT2D eigenvalue weighted by atomic mass is 35.5. The summed E-state index contributed by atoms with van der Waals surface area (Å²) in [4.78, 5) is 12.2. The third-order valence-corrected chi connectivity index (χ3v) is 6.30. The second-order valence-corrected chi connectivity index (χ2v) is 8.15. The number of benzene rings is 3. The SMILES string of the molecule is O=C(NCC(O)C(O)c1cccc(Cl)c1Cl)OCC1c2ccccc2-c2ccccc21. The third-order valence-electron chi connectivity index (χ3n) is 5.46. The molecule has 31 heavy (non-hydrogen) atoms. The summed E-state index contributed by atoms with van der Waals surface area (Å²) in [7, 11) is 0. The average Bonchev–Trinajstić information content (AvgIpc) is 3.11.